The molecular weight excluding hydrogens is 260 g/mol. The smallest absolute Gasteiger partial charge is 0.227 e. The van der Waals surface area contributed by atoms with E-state index >= 15 is 0 Å². The van der Waals surface area contributed by atoms with E-state index in [1.54, 1.807) is 0 Å². The second-order valence-corrected chi connectivity index (χ2v) is 5.80. The monoisotopic (exact) mass is 280 g/mol. The van der Waals surface area contributed by atoms with Gasteiger partial charge in [-0.05, 0) is 55.2 Å². The van der Waals surface area contributed by atoms with Gasteiger partial charge in [0.1, 0.15) is 0 Å². The predicted molar refractivity (Wildman–Crippen MR) is 86.3 cm³/mol. The van der Waals surface area contributed by atoms with E-state index in [9.17, 15) is 4.79 Å². The molecular formula is C18H20N2O. The molecule has 0 saturated heterocycles. The van der Waals surface area contributed by atoms with Crippen molar-refractivity contribution in [2.24, 2.45) is 0 Å². The van der Waals surface area contributed by atoms with Crippen LogP contribution in [0, 0.1) is 13.8 Å². The largest absolute Gasteiger partial charge is 0.399 e. The molecule has 0 fully saturated rings. The minimum Gasteiger partial charge on any atom is -0.399 e. The first kappa shape index (κ1) is 13.7. The van der Waals surface area contributed by atoms with E-state index in [4.69, 9.17) is 5.73 Å². The Labute approximate surface area is 125 Å². The molecule has 1 amide bonds. The fourth-order valence-electron chi connectivity index (χ4n) is 2.89. The number of nitrogens with two attached hydrogens (primary N) is 1. The third-order valence-corrected chi connectivity index (χ3v) is 4.14. The molecule has 0 saturated carbocycles. The Bertz CT molecular complexity index is 706. The van der Waals surface area contributed by atoms with E-state index < -0.39 is 0 Å². The van der Waals surface area contributed by atoms with Crippen LogP contribution in [0.15, 0.2) is 36.4 Å². The predicted octanol–water partition coefficient (Wildman–Crippen LogP) is 3.37. The van der Waals surface area contributed by atoms with Crippen LogP contribution in [0.4, 0.5) is 11.4 Å². The van der Waals surface area contributed by atoms with Crippen LogP contribution >= 0.6 is 0 Å². The van der Waals surface area contributed by atoms with Crippen molar-refractivity contribution in [3.05, 3.63) is 58.7 Å². The molecule has 2 N–H and O–H groups in total. The highest BCUT2D eigenvalue weighted by Crippen LogP contribution is 2.31. The molecule has 0 aliphatic carbocycles. The van der Waals surface area contributed by atoms with Crippen molar-refractivity contribution in [1.29, 1.82) is 0 Å². The summed E-state index contributed by atoms with van der Waals surface area (Å²) in [7, 11) is 0. The standard InChI is InChI=1S/C18H20N2O/c1-12-3-4-13(2)15(9-12)11-20-17-7-6-16(19)10-14(17)5-8-18(20)21/h3-4,6-7,9-10H,5,8,11,19H2,1-2H3. The Kier molecular flexibility index (Phi) is 3.42. The van der Waals surface area contributed by atoms with Gasteiger partial charge in [-0.15, -0.1) is 0 Å². The van der Waals surface area contributed by atoms with Crippen molar-refractivity contribution in [2.45, 2.75) is 33.2 Å². The topological polar surface area (TPSA) is 46.3 Å². The minimum absolute atomic E-state index is 0.188. The quantitative estimate of drug-likeness (QED) is 0.857. The summed E-state index contributed by atoms with van der Waals surface area (Å²) in [6.45, 7) is 4.80. The molecule has 2 aromatic rings. The van der Waals surface area contributed by atoms with Gasteiger partial charge in [0.2, 0.25) is 5.91 Å². The Balaban J connectivity index is 1.98. The highest BCUT2D eigenvalue weighted by atomic mass is 16.2. The summed E-state index contributed by atoms with van der Waals surface area (Å²) >= 11 is 0. The number of carbonyl (C=O) groups excluding carboxylic acids is 1. The zero-order chi connectivity index (χ0) is 15.0. The van der Waals surface area contributed by atoms with Gasteiger partial charge in [-0.3, -0.25) is 4.79 Å². The summed E-state index contributed by atoms with van der Waals surface area (Å²) in [5, 5.41) is 0. The summed E-state index contributed by atoms with van der Waals surface area (Å²) in [5.74, 6) is 0.188. The average molecular weight is 280 g/mol. The lowest BCUT2D eigenvalue weighted by molar-refractivity contribution is -0.119. The van der Waals surface area contributed by atoms with Crippen LogP contribution in [0.1, 0.15) is 28.7 Å². The summed E-state index contributed by atoms with van der Waals surface area (Å²) in [5.41, 5.74) is 12.4. The number of benzene rings is 2. The summed E-state index contributed by atoms with van der Waals surface area (Å²) in [6.07, 6.45) is 1.34. The number of carbonyl (C=O) groups is 1. The van der Waals surface area contributed by atoms with Gasteiger partial charge in [0, 0.05) is 17.8 Å². The number of aryl methyl sites for hydroxylation is 3. The lowest BCUT2D eigenvalue weighted by Crippen LogP contribution is -2.34. The van der Waals surface area contributed by atoms with Crippen LogP contribution < -0.4 is 10.6 Å². The molecule has 0 radical (unpaired) electrons. The van der Waals surface area contributed by atoms with Crippen molar-refractivity contribution in [1.82, 2.24) is 0 Å². The number of anilines is 2. The second-order valence-electron chi connectivity index (χ2n) is 5.80. The summed E-state index contributed by atoms with van der Waals surface area (Å²) in [6, 6.07) is 12.2. The number of amides is 1. The molecule has 0 atom stereocenters. The normalized spacial score (nSPS) is 14.2. The van der Waals surface area contributed by atoms with Gasteiger partial charge in [-0.2, -0.15) is 0 Å². The van der Waals surface area contributed by atoms with Crippen LogP contribution in [0.3, 0.4) is 0 Å². The van der Waals surface area contributed by atoms with Gasteiger partial charge < -0.3 is 10.6 Å². The lowest BCUT2D eigenvalue weighted by atomic mass is 9.98. The highest BCUT2D eigenvalue weighted by Gasteiger charge is 2.24. The first-order valence-electron chi connectivity index (χ1n) is 7.29. The molecule has 21 heavy (non-hydrogen) atoms. The van der Waals surface area contributed by atoms with Gasteiger partial charge in [-0.25, -0.2) is 0 Å². The van der Waals surface area contributed by atoms with Crippen molar-refractivity contribution >= 4 is 17.3 Å². The molecule has 2 aromatic carbocycles. The zero-order valence-electron chi connectivity index (χ0n) is 12.5. The fourth-order valence-corrected chi connectivity index (χ4v) is 2.89. The maximum atomic E-state index is 12.3. The van der Waals surface area contributed by atoms with E-state index in [0.717, 1.165) is 17.8 Å². The van der Waals surface area contributed by atoms with Crippen molar-refractivity contribution in [3.8, 4) is 0 Å². The van der Waals surface area contributed by atoms with E-state index in [-0.39, 0.29) is 5.91 Å². The first-order valence-corrected chi connectivity index (χ1v) is 7.29. The summed E-state index contributed by atoms with van der Waals surface area (Å²) in [4.78, 5) is 14.2. The van der Waals surface area contributed by atoms with Gasteiger partial charge >= 0.3 is 0 Å². The second kappa shape index (κ2) is 5.24. The number of hydrogen-bond donors (Lipinski definition) is 1. The van der Waals surface area contributed by atoms with E-state index in [2.05, 4.69) is 32.0 Å². The lowest BCUT2D eigenvalue weighted by Gasteiger charge is -2.30. The maximum absolute atomic E-state index is 12.3. The Morgan fingerprint density at radius 1 is 1.10 bits per heavy atom. The number of nitrogen functional groups attached to an aromatic ring is 1. The number of nitrogens with zero attached hydrogens (tertiary/aromatic N) is 1. The van der Waals surface area contributed by atoms with Gasteiger partial charge in [-0.1, -0.05) is 23.8 Å². The van der Waals surface area contributed by atoms with Crippen molar-refractivity contribution in [3.63, 3.8) is 0 Å². The van der Waals surface area contributed by atoms with Gasteiger partial charge in [0.05, 0.1) is 6.54 Å². The van der Waals surface area contributed by atoms with Crippen LogP contribution in [-0.4, -0.2) is 5.91 Å². The molecule has 0 spiro atoms. The van der Waals surface area contributed by atoms with E-state index in [1.165, 1.54) is 22.3 Å². The van der Waals surface area contributed by atoms with E-state index in [0.29, 0.717) is 13.0 Å². The number of rotatable bonds is 2. The highest BCUT2D eigenvalue weighted by molar-refractivity contribution is 5.96. The number of hydrogen-bond acceptors (Lipinski definition) is 2. The first-order chi connectivity index (χ1) is 10.0. The third-order valence-electron chi connectivity index (χ3n) is 4.14. The summed E-state index contributed by atoms with van der Waals surface area (Å²) < 4.78 is 0. The molecule has 0 unspecified atom stereocenters. The van der Waals surface area contributed by atoms with Crippen molar-refractivity contribution in [2.75, 3.05) is 10.6 Å². The minimum atomic E-state index is 0.188. The third kappa shape index (κ3) is 2.64. The maximum Gasteiger partial charge on any atom is 0.227 e. The molecule has 1 aliphatic heterocycles. The molecule has 1 heterocycles. The molecule has 3 rings (SSSR count). The average Bonchev–Trinajstić information content (AvgIpc) is 2.45. The Morgan fingerprint density at radius 3 is 2.71 bits per heavy atom. The fraction of sp³-hybridized carbons (Fsp3) is 0.278. The van der Waals surface area contributed by atoms with Crippen LogP contribution in [0.5, 0.6) is 0 Å². The molecule has 0 aromatic heterocycles. The SMILES string of the molecule is Cc1ccc(C)c(CN2C(=O)CCc3cc(N)ccc32)c1. The Morgan fingerprint density at radius 2 is 1.90 bits per heavy atom. The van der Waals surface area contributed by atoms with Crippen molar-refractivity contribution < 1.29 is 4.79 Å². The van der Waals surface area contributed by atoms with Crippen LogP contribution in [0.2, 0.25) is 0 Å². The zero-order valence-corrected chi connectivity index (χ0v) is 12.5. The van der Waals surface area contributed by atoms with E-state index in [1.807, 2.05) is 23.1 Å². The molecule has 108 valence electrons. The van der Waals surface area contributed by atoms with Gasteiger partial charge in [0.15, 0.2) is 0 Å². The molecule has 3 heteroatoms. The molecule has 0 bridgehead atoms. The molecule has 1 aliphatic rings. The van der Waals surface area contributed by atoms with Gasteiger partial charge in [0.25, 0.3) is 0 Å². The molecule has 3 nitrogen and oxygen atoms in total. The number of fused-ring (bicyclic) bond motifs is 1. The van der Waals surface area contributed by atoms with Crippen LogP contribution in [0.25, 0.3) is 0 Å². The van der Waals surface area contributed by atoms with Crippen LogP contribution in [-0.2, 0) is 17.8 Å². The Hall–Kier alpha value is -2.29.